The second kappa shape index (κ2) is 23.4. The molecule has 4 saturated carbocycles. The fourth-order valence-electron chi connectivity index (χ4n) is 15.1. The summed E-state index contributed by atoms with van der Waals surface area (Å²) in [4.78, 5) is 25.8. The lowest BCUT2D eigenvalue weighted by Crippen LogP contribution is -2.72. The van der Waals surface area contributed by atoms with Crippen molar-refractivity contribution in [2.24, 2.45) is 34.5 Å². The van der Waals surface area contributed by atoms with Crippen LogP contribution in [0.3, 0.4) is 0 Å². The minimum atomic E-state index is -1.63. The van der Waals surface area contributed by atoms with Crippen LogP contribution < -0.4 is 0 Å². The number of ether oxygens (including phenoxy) is 12. The van der Waals surface area contributed by atoms with Gasteiger partial charge in [-0.25, -0.2) is 0 Å². The van der Waals surface area contributed by atoms with Crippen molar-refractivity contribution in [2.75, 3.05) is 20.8 Å². The first-order valence-corrected chi connectivity index (χ1v) is 27.8. The number of methoxy groups -OCH3 is 2. The Morgan fingerprint density at radius 3 is 1.84 bits per heavy atom. The Labute approximate surface area is 441 Å². The summed E-state index contributed by atoms with van der Waals surface area (Å²) in [6, 6.07) is 0. The number of aliphatic hydroxyl groups is 7. The highest BCUT2D eigenvalue weighted by molar-refractivity contribution is 5.72. The van der Waals surface area contributed by atoms with Gasteiger partial charge in [-0.1, -0.05) is 27.7 Å². The molecule has 0 amide bonds. The number of esters is 2. The maximum Gasteiger partial charge on any atom is 0.309 e. The van der Waals surface area contributed by atoms with E-state index in [-0.39, 0.29) is 60.9 Å². The van der Waals surface area contributed by atoms with Gasteiger partial charge in [0.05, 0.1) is 66.3 Å². The van der Waals surface area contributed by atoms with Gasteiger partial charge in [-0.2, -0.15) is 0 Å². The normalized spacial score (nSPS) is 50.9. The fraction of sp³-hybridized carbons (Fsp3) is 0.963. The van der Waals surface area contributed by atoms with Crippen molar-refractivity contribution < 1.29 is 102 Å². The SMILES string of the molecule is CC[C@@H](C)C(=O)O[C@H](C)[C@]1(O)CC[C@@]2(O)[C@H]3CC[C@H]4C[C@@H](O[C@@H]5C[C@@H](O)[C@@H](O[C@@H]6C[C@H](OC)[C@H](O[C@H]7C[C@@H](OC)[C@H](O[C@H]8O[C@H](CO)[C@H](O)[C@H](O)[C@H]8O)[C@H](C)O7)[C@H](C)O6)[C@@H](C)O5)CC[C@@]4(C)[C@@H]3C[C@@H](OC(C)=O)[C@@]12C. The molecule has 28 atom stereocenters. The Balaban J connectivity index is 0.839. The zero-order valence-corrected chi connectivity index (χ0v) is 45.9. The molecule has 4 heterocycles. The maximum atomic E-state index is 13.1. The molecule has 0 radical (unpaired) electrons. The molecule has 4 aliphatic heterocycles. The summed E-state index contributed by atoms with van der Waals surface area (Å²) < 4.78 is 74.0. The molecule has 432 valence electrons. The van der Waals surface area contributed by atoms with E-state index >= 15 is 0 Å². The van der Waals surface area contributed by atoms with Gasteiger partial charge in [0.25, 0.3) is 0 Å². The molecule has 4 aliphatic carbocycles. The highest BCUT2D eigenvalue weighted by Crippen LogP contribution is 2.71. The second-order valence-corrected chi connectivity index (χ2v) is 23.9. The first-order valence-electron chi connectivity index (χ1n) is 27.8. The Morgan fingerprint density at radius 1 is 0.680 bits per heavy atom. The van der Waals surface area contributed by atoms with Crippen molar-refractivity contribution in [3.63, 3.8) is 0 Å². The molecule has 0 aromatic carbocycles. The molecular weight excluding hydrogens is 985 g/mol. The van der Waals surface area contributed by atoms with Crippen molar-refractivity contribution in [3.8, 4) is 0 Å². The van der Waals surface area contributed by atoms with Gasteiger partial charge in [0.1, 0.15) is 60.5 Å². The summed E-state index contributed by atoms with van der Waals surface area (Å²) >= 11 is 0. The Kier molecular flexibility index (Phi) is 18.5. The lowest BCUT2D eigenvalue weighted by molar-refractivity contribution is -0.357. The van der Waals surface area contributed by atoms with Crippen molar-refractivity contribution in [1.29, 1.82) is 0 Å². The van der Waals surface area contributed by atoms with Gasteiger partial charge in [-0.15, -0.1) is 0 Å². The number of hydrogen-bond acceptors (Lipinski definition) is 21. The minimum absolute atomic E-state index is 0.00841. The minimum Gasteiger partial charge on any atom is -0.462 e. The van der Waals surface area contributed by atoms with Crippen LogP contribution in [0.5, 0.6) is 0 Å². The van der Waals surface area contributed by atoms with Crippen LogP contribution >= 0.6 is 0 Å². The largest absolute Gasteiger partial charge is 0.462 e. The molecule has 21 nitrogen and oxygen atoms in total. The van der Waals surface area contributed by atoms with Crippen LogP contribution in [-0.2, 0) is 66.4 Å². The van der Waals surface area contributed by atoms with E-state index in [1.165, 1.54) is 14.0 Å². The van der Waals surface area contributed by atoms with Crippen molar-refractivity contribution in [2.45, 2.75) is 273 Å². The van der Waals surface area contributed by atoms with Crippen LogP contribution in [0.1, 0.15) is 139 Å². The summed E-state index contributed by atoms with van der Waals surface area (Å²) in [7, 11) is 3.08. The summed E-state index contributed by atoms with van der Waals surface area (Å²) in [5, 5.41) is 78.1. The van der Waals surface area contributed by atoms with Crippen LogP contribution in [0.4, 0.5) is 0 Å². The van der Waals surface area contributed by atoms with E-state index in [2.05, 4.69) is 6.92 Å². The third-order valence-electron chi connectivity index (χ3n) is 19.9. The summed E-state index contributed by atoms with van der Waals surface area (Å²) in [5.41, 5.74) is -4.52. The summed E-state index contributed by atoms with van der Waals surface area (Å²) in [6.45, 7) is 15.7. The van der Waals surface area contributed by atoms with E-state index in [1.54, 1.807) is 27.9 Å². The molecule has 0 aromatic rings. The molecule has 4 saturated heterocycles. The Bertz CT molecular complexity index is 1920. The number of carbonyl (C=O) groups is 2. The van der Waals surface area contributed by atoms with Gasteiger partial charge in [-0.05, 0) is 109 Å². The number of fused-ring (bicyclic) bond motifs is 5. The predicted molar refractivity (Wildman–Crippen MR) is 262 cm³/mol. The fourth-order valence-corrected chi connectivity index (χ4v) is 15.1. The molecule has 8 aliphatic rings. The van der Waals surface area contributed by atoms with Gasteiger partial charge >= 0.3 is 11.9 Å². The average molecular weight is 1080 g/mol. The molecule has 0 unspecified atom stereocenters. The first-order chi connectivity index (χ1) is 35.4. The van der Waals surface area contributed by atoms with E-state index in [4.69, 9.17) is 56.8 Å². The second-order valence-electron chi connectivity index (χ2n) is 23.9. The zero-order chi connectivity index (χ0) is 54.7. The maximum absolute atomic E-state index is 13.1. The van der Waals surface area contributed by atoms with E-state index in [0.29, 0.717) is 19.3 Å². The van der Waals surface area contributed by atoms with E-state index in [0.717, 1.165) is 32.1 Å². The Morgan fingerprint density at radius 2 is 1.27 bits per heavy atom. The van der Waals surface area contributed by atoms with E-state index in [9.17, 15) is 45.3 Å². The van der Waals surface area contributed by atoms with Crippen molar-refractivity contribution in [3.05, 3.63) is 0 Å². The monoisotopic (exact) mass is 1070 g/mol. The molecule has 8 fully saturated rings. The molecule has 21 heteroatoms. The number of aliphatic hydroxyl groups excluding tert-OH is 5. The highest BCUT2D eigenvalue weighted by Gasteiger charge is 2.77. The third-order valence-corrected chi connectivity index (χ3v) is 19.9. The van der Waals surface area contributed by atoms with Crippen LogP contribution in [0, 0.1) is 34.5 Å². The predicted octanol–water partition coefficient (Wildman–Crippen LogP) is 2.53. The smallest absolute Gasteiger partial charge is 0.309 e. The van der Waals surface area contributed by atoms with Gasteiger partial charge in [0, 0.05) is 40.4 Å². The van der Waals surface area contributed by atoms with Crippen molar-refractivity contribution >= 4 is 11.9 Å². The molecule has 7 N–H and O–H groups in total. The van der Waals surface area contributed by atoms with Crippen LogP contribution in [0.25, 0.3) is 0 Å². The topological polar surface area (TPSA) is 287 Å². The van der Waals surface area contributed by atoms with Crippen molar-refractivity contribution in [1.82, 2.24) is 0 Å². The molecule has 75 heavy (non-hydrogen) atoms. The molecule has 0 bridgehead atoms. The highest BCUT2D eigenvalue weighted by atomic mass is 16.8. The molecule has 0 spiro atoms. The Hall–Kier alpha value is -1.74. The molecule has 0 aromatic heterocycles. The number of rotatable bonds is 16. The summed E-state index contributed by atoms with van der Waals surface area (Å²) in [6.07, 6.45) is -11.1. The van der Waals surface area contributed by atoms with Crippen LogP contribution in [0.15, 0.2) is 0 Å². The lowest BCUT2D eigenvalue weighted by Gasteiger charge is -2.66. The van der Waals surface area contributed by atoms with E-state index in [1.807, 2.05) is 27.7 Å². The van der Waals surface area contributed by atoms with Gasteiger partial charge in [0.15, 0.2) is 25.2 Å². The van der Waals surface area contributed by atoms with Gasteiger partial charge < -0.3 is 92.6 Å². The standard InChI is InChI=1S/C54H90O21/c1-12-25(2)49(61)69-29(6)53(62)17-18-54(63)33-14-13-31-19-32(15-16-51(31,8)34(33)20-39(52(53,54)9)70-30(7)56)71-40-21-35(57)46(26(3)66-40)73-41-22-36(64-10)47(27(4)67-41)74-42-23-37(65-11)48(28(5)68-42)75-50-45(60)44(59)43(58)38(24-55)72-50/h25-29,31-48,50,55,57-60,62-63H,12-24H2,1-11H3/t25-,26-,27+,28+,29-,31+,32+,33+,34-,35-,36+,37-,38-,39-,40-,41-,42+,43+,44+,45-,46+,47-,48-,50-,51-,52+,53-,54-/m1/s1. The van der Waals surface area contributed by atoms with E-state index < -0.39 is 152 Å². The first kappa shape index (κ1) is 59.4. The molecule has 8 rings (SSSR count). The van der Waals surface area contributed by atoms with Crippen LogP contribution in [-0.4, -0.2) is 203 Å². The third kappa shape index (κ3) is 11.0. The van der Waals surface area contributed by atoms with Gasteiger partial charge in [0.2, 0.25) is 0 Å². The summed E-state index contributed by atoms with van der Waals surface area (Å²) in [5.74, 6) is -1.19. The number of hydrogen-bond donors (Lipinski definition) is 7. The van der Waals surface area contributed by atoms with Gasteiger partial charge in [-0.3, -0.25) is 9.59 Å². The molecular formula is C54H90O21. The quantitative estimate of drug-likeness (QED) is 0.0864. The average Bonchev–Trinajstić information content (AvgIpc) is 3.59. The number of carbonyl (C=O) groups excluding carboxylic acids is 2. The van der Waals surface area contributed by atoms with Crippen LogP contribution in [0.2, 0.25) is 0 Å². The lowest BCUT2D eigenvalue weighted by atomic mass is 9.42. The zero-order valence-electron chi connectivity index (χ0n) is 45.9.